The lowest BCUT2D eigenvalue weighted by atomic mass is 10.0. The number of hydrogen-bond donors (Lipinski definition) is 3. The average Bonchev–Trinajstić information content (AvgIpc) is 3.62. The van der Waals surface area contributed by atoms with E-state index in [2.05, 4.69) is 30.3 Å². The zero-order valence-corrected chi connectivity index (χ0v) is 20.5. The van der Waals surface area contributed by atoms with E-state index in [1.54, 1.807) is 29.3 Å². The number of amidine groups is 1. The van der Waals surface area contributed by atoms with Gasteiger partial charge in [-0.2, -0.15) is 18.2 Å². The van der Waals surface area contributed by atoms with Crippen LogP contribution < -0.4 is 21.5 Å². The maximum Gasteiger partial charge on any atom is 0.497 e. The Bertz CT molecular complexity index is 1480. The fourth-order valence-corrected chi connectivity index (χ4v) is 4.58. The first-order valence-corrected chi connectivity index (χ1v) is 11.9. The van der Waals surface area contributed by atoms with Crippen LogP contribution >= 0.6 is 0 Å². The third-order valence-corrected chi connectivity index (χ3v) is 6.36. The van der Waals surface area contributed by atoms with Crippen molar-refractivity contribution >= 4 is 40.6 Å². The fraction of sp³-hybridized carbons (Fsp3) is 0.304. The molecule has 13 nitrogen and oxygen atoms in total. The van der Waals surface area contributed by atoms with Crippen molar-refractivity contribution in [3.8, 4) is 11.3 Å². The molecule has 16 heteroatoms. The van der Waals surface area contributed by atoms with Crippen LogP contribution in [-0.4, -0.2) is 63.8 Å². The zero-order chi connectivity index (χ0) is 27.9. The second kappa shape index (κ2) is 9.63. The number of fused-ring (bicyclic) bond motifs is 1. The first kappa shape index (κ1) is 26.1. The van der Waals surface area contributed by atoms with Gasteiger partial charge in [-0.1, -0.05) is 12.1 Å². The van der Waals surface area contributed by atoms with Crippen LogP contribution in [0.5, 0.6) is 0 Å². The molecule has 1 unspecified atom stereocenters. The Morgan fingerprint density at radius 1 is 1.18 bits per heavy atom. The van der Waals surface area contributed by atoms with Crippen LogP contribution in [0.1, 0.15) is 35.8 Å². The first-order chi connectivity index (χ1) is 18.5. The first-order valence-electron chi connectivity index (χ1n) is 11.9. The Balaban J connectivity index is 1.78. The van der Waals surface area contributed by atoms with Crippen molar-refractivity contribution in [2.45, 2.75) is 25.9 Å². The van der Waals surface area contributed by atoms with E-state index in [9.17, 15) is 22.8 Å². The number of carbonyl (C=O) groups excluding carboxylic acids is 2. The maximum absolute atomic E-state index is 13.5. The van der Waals surface area contributed by atoms with Crippen LogP contribution in [-0.2, 0) is 9.63 Å². The van der Waals surface area contributed by atoms with Crippen molar-refractivity contribution in [2.24, 2.45) is 4.99 Å². The van der Waals surface area contributed by atoms with E-state index in [-0.39, 0.29) is 46.5 Å². The number of benzene rings is 1. The van der Waals surface area contributed by atoms with Crippen LogP contribution in [0.4, 0.5) is 36.1 Å². The number of nitrogens with two attached hydrogens (primary N) is 2. The highest BCUT2D eigenvalue weighted by atomic mass is 19.4. The van der Waals surface area contributed by atoms with E-state index >= 15 is 0 Å². The molecule has 39 heavy (non-hydrogen) atoms. The summed E-state index contributed by atoms with van der Waals surface area (Å²) in [7, 11) is 0. The molecule has 2 aliphatic rings. The van der Waals surface area contributed by atoms with Gasteiger partial charge in [0, 0.05) is 30.5 Å². The summed E-state index contributed by atoms with van der Waals surface area (Å²) in [6.07, 6.45) is -2.47. The Kier molecular flexibility index (Phi) is 6.43. The van der Waals surface area contributed by atoms with Gasteiger partial charge in [-0.3, -0.25) is 20.0 Å². The Hall–Kier alpha value is -4.57. The lowest BCUT2D eigenvalue weighted by Gasteiger charge is -2.30. The van der Waals surface area contributed by atoms with Crippen molar-refractivity contribution in [1.82, 2.24) is 30.4 Å². The summed E-state index contributed by atoms with van der Waals surface area (Å²) in [4.78, 5) is 39.9. The minimum absolute atomic E-state index is 0.0381. The summed E-state index contributed by atoms with van der Waals surface area (Å²) in [5.41, 5.74) is 14.9. The van der Waals surface area contributed by atoms with Gasteiger partial charge in [-0.25, -0.2) is 14.4 Å². The van der Waals surface area contributed by atoms with Crippen molar-refractivity contribution in [2.75, 3.05) is 31.1 Å². The number of quaternary nitrogens is 1. The standard InChI is InChI=1S/C23H22F3N9O4/c1-2-35(38-22(37)23(24,25)26)18-14(21(36)31-34-8-3-4-9-34)11-29-15(12-6-5-7-13(27)10-12)16(18)30-20(35)17-19(28)33-39-32-17/h5-7,10-11H,2-4,8-9,27H2,1H3,(H2-,28,31,33,36)/p+1. The molecular weight excluding hydrogens is 523 g/mol. The fourth-order valence-electron chi connectivity index (χ4n) is 4.58. The average molecular weight is 546 g/mol. The summed E-state index contributed by atoms with van der Waals surface area (Å²) in [6.45, 7) is 2.27. The topological polar surface area (TPSA) is 175 Å². The largest absolute Gasteiger partial charge is 0.497 e. The van der Waals surface area contributed by atoms with Gasteiger partial charge in [-0.05, 0) is 46.9 Å². The number of nitrogen functional groups attached to an aromatic ring is 2. The van der Waals surface area contributed by atoms with Gasteiger partial charge >= 0.3 is 18.0 Å². The second-order valence-corrected chi connectivity index (χ2v) is 8.84. The van der Waals surface area contributed by atoms with Crippen LogP contribution in [0.3, 0.4) is 0 Å². The number of amides is 1. The molecule has 4 heterocycles. The molecule has 0 bridgehead atoms. The molecule has 1 aromatic carbocycles. The molecule has 5 N–H and O–H groups in total. The van der Waals surface area contributed by atoms with Crippen molar-refractivity contribution < 1.29 is 32.2 Å². The highest BCUT2D eigenvalue weighted by Gasteiger charge is 2.58. The van der Waals surface area contributed by atoms with E-state index in [4.69, 9.17) is 16.3 Å². The smallest absolute Gasteiger partial charge is 0.399 e. The normalized spacial score (nSPS) is 19.0. The van der Waals surface area contributed by atoms with Gasteiger partial charge in [0.05, 0.1) is 0 Å². The Morgan fingerprint density at radius 2 is 1.92 bits per heavy atom. The molecular formula is C23H23F3N9O4+. The van der Waals surface area contributed by atoms with E-state index in [1.807, 2.05) is 0 Å². The zero-order valence-electron chi connectivity index (χ0n) is 20.5. The van der Waals surface area contributed by atoms with Gasteiger partial charge in [0.15, 0.2) is 5.69 Å². The molecule has 2 aromatic heterocycles. The van der Waals surface area contributed by atoms with E-state index in [0.29, 0.717) is 24.3 Å². The van der Waals surface area contributed by atoms with Crippen molar-refractivity contribution in [3.05, 3.63) is 41.7 Å². The molecule has 0 saturated carbocycles. The summed E-state index contributed by atoms with van der Waals surface area (Å²) in [5.74, 6) is -3.87. The molecule has 204 valence electrons. The number of aliphatic imine (C=N–C) groups is 1. The number of nitrogens with zero attached hydrogens (tertiary/aromatic N) is 6. The molecule has 5 rings (SSSR count). The van der Waals surface area contributed by atoms with Gasteiger partial charge in [0.2, 0.25) is 17.2 Å². The molecule has 1 atom stereocenters. The molecule has 0 aliphatic carbocycles. The molecule has 3 aromatic rings. The number of hydrazine groups is 1. The monoisotopic (exact) mass is 546 g/mol. The van der Waals surface area contributed by atoms with Crippen LogP contribution in [0, 0.1) is 0 Å². The van der Waals surface area contributed by atoms with Crippen molar-refractivity contribution in [3.63, 3.8) is 0 Å². The Morgan fingerprint density at radius 3 is 2.54 bits per heavy atom. The summed E-state index contributed by atoms with van der Waals surface area (Å²) in [5, 5.41) is 8.86. The number of hydrogen-bond acceptors (Lipinski definition) is 11. The van der Waals surface area contributed by atoms with E-state index in [1.165, 1.54) is 13.1 Å². The lowest BCUT2D eigenvalue weighted by Crippen LogP contribution is -2.56. The Labute approximate surface area is 218 Å². The van der Waals surface area contributed by atoms with Crippen LogP contribution in [0.25, 0.3) is 11.3 Å². The predicted molar refractivity (Wildman–Crippen MR) is 132 cm³/mol. The van der Waals surface area contributed by atoms with Gasteiger partial charge in [0.25, 0.3) is 5.91 Å². The number of hydroxylamine groups is 2. The third kappa shape index (κ3) is 4.52. The molecule has 0 spiro atoms. The second-order valence-electron chi connectivity index (χ2n) is 8.84. The summed E-state index contributed by atoms with van der Waals surface area (Å²) in [6, 6.07) is 6.52. The highest BCUT2D eigenvalue weighted by molar-refractivity contribution is 6.18. The van der Waals surface area contributed by atoms with Gasteiger partial charge in [0.1, 0.15) is 17.8 Å². The molecule has 1 saturated heterocycles. The lowest BCUT2D eigenvalue weighted by molar-refractivity contribution is -0.222. The van der Waals surface area contributed by atoms with Gasteiger partial charge < -0.3 is 11.5 Å². The highest BCUT2D eigenvalue weighted by Crippen LogP contribution is 2.50. The van der Waals surface area contributed by atoms with Gasteiger partial charge in [-0.15, -0.1) is 0 Å². The van der Waals surface area contributed by atoms with E-state index in [0.717, 1.165) is 12.8 Å². The number of anilines is 2. The van der Waals surface area contributed by atoms with Crippen molar-refractivity contribution in [1.29, 1.82) is 0 Å². The number of alkyl halides is 3. The molecule has 2 aliphatic heterocycles. The van der Waals surface area contributed by atoms with Crippen LogP contribution in [0.15, 0.2) is 40.1 Å². The quantitative estimate of drug-likeness (QED) is 0.308. The molecule has 0 radical (unpaired) electrons. The number of aromatic nitrogens is 3. The number of rotatable bonds is 6. The molecule has 1 fully saturated rings. The summed E-state index contributed by atoms with van der Waals surface area (Å²) < 4.78 is 44.0. The van der Waals surface area contributed by atoms with Crippen LogP contribution in [0.2, 0.25) is 0 Å². The maximum atomic E-state index is 13.5. The minimum Gasteiger partial charge on any atom is -0.399 e. The number of halogens is 3. The number of carbonyl (C=O) groups is 2. The molecule has 1 amide bonds. The SMILES string of the molecule is CC[N+]1(OC(=O)C(F)(F)F)C(c2nonc2N)=Nc2c(-c3cccc(N)c3)ncc(C(=O)NN3CCCC3)c21. The predicted octanol–water partition coefficient (Wildman–Crippen LogP) is 2.48. The summed E-state index contributed by atoms with van der Waals surface area (Å²) >= 11 is 0. The number of nitrogens with one attached hydrogen (secondary N) is 1. The third-order valence-electron chi connectivity index (χ3n) is 6.36. The van der Waals surface area contributed by atoms with E-state index < -0.39 is 22.7 Å². The number of pyridine rings is 1. The minimum atomic E-state index is -5.37.